The minimum absolute atomic E-state index is 0.273. The molecule has 1 aliphatic rings. The number of carboxylic acid groups (broad SMARTS) is 1. The van der Waals surface area contributed by atoms with Gasteiger partial charge in [-0.1, -0.05) is 0 Å². The monoisotopic (exact) mass is 236 g/mol. The summed E-state index contributed by atoms with van der Waals surface area (Å²) in [5.41, 5.74) is 0. The van der Waals surface area contributed by atoms with Crippen LogP contribution >= 0.6 is 0 Å². The van der Waals surface area contributed by atoms with Gasteiger partial charge in [0.15, 0.2) is 0 Å². The molecule has 2 heterocycles. The maximum Gasteiger partial charge on any atom is 0.303 e. The second-order valence-corrected chi connectivity index (χ2v) is 4.64. The number of carbonyl (C=O) groups is 1. The highest BCUT2D eigenvalue weighted by molar-refractivity contribution is 5.66. The Bertz CT molecular complexity index is 348. The minimum Gasteiger partial charge on any atom is -0.481 e. The van der Waals surface area contributed by atoms with Crippen molar-refractivity contribution in [3.05, 3.63) is 24.5 Å². The molecule has 0 saturated carbocycles. The van der Waals surface area contributed by atoms with Crippen molar-refractivity contribution in [3.63, 3.8) is 0 Å². The Kier molecular flexibility index (Phi) is 4.20. The van der Waals surface area contributed by atoms with E-state index in [-0.39, 0.29) is 6.42 Å². The van der Waals surface area contributed by atoms with Gasteiger partial charge in [-0.05, 0) is 37.8 Å². The van der Waals surface area contributed by atoms with E-state index in [9.17, 15) is 4.79 Å². The van der Waals surface area contributed by atoms with Gasteiger partial charge in [-0.25, -0.2) is 0 Å². The van der Waals surface area contributed by atoms with E-state index < -0.39 is 5.97 Å². The number of carboxylic acids is 1. The Labute approximate surface area is 102 Å². The van der Waals surface area contributed by atoms with Crippen molar-refractivity contribution in [2.45, 2.75) is 38.3 Å². The van der Waals surface area contributed by atoms with E-state index in [1.54, 1.807) is 0 Å². The van der Waals surface area contributed by atoms with Gasteiger partial charge >= 0.3 is 5.97 Å². The van der Waals surface area contributed by atoms with Crippen LogP contribution in [0.15, 0.2) is 24.5 Å². The first-order chi connectivity index (χ1) is 8.27. The Hall–Kier alpha value is -1.29. The maximum absolute atomic E-state index is 10.5. The van der Waals surface area contributed by atoms with Gasteiger partial charge in [-0.2, -0.15) is 0 Å². The molecule has 4 nitrogen and oxygen atoms in total. The lowest BCUT2D eigenvalue weighted by Gasteiger charge is -2.36. The number of likely N-dealkylation sites (tertiary alicyclic amines) is 1. The molecule has 4 heteroatoms. The zero-order valence-electron chi connectivity index (χ0n) is 10.1. The lowest BCUT2D eigenvalue weighted by atomic mass is 10.1. The molecule has 17 heavy (non-hydrogen) atoms. The first-order valence-electron chi connectivity index (χ1n) is 6.35. The summed E-state index contributed by atoms with van der Waals surface area (Å²) in [5, 5.41) is 8.67. The van der Waals surface area contributed by atoms with E-state index in [2.05, 4.69) is 21.9 Å². The molecule has 2 rings (SSSR count). The lowest BCUT2D eigenvalue weighted by molar-refractivity contribution is -0.137. The number of piperidine rings is 1. The van der Waals surface area contributed by atoms with Crippen LogP contribution < -0.4 is 0 Å². The predicted octanol–water partition coefficient (Wildman–Crippen LogP) is 2.34. The highest BCUT2D eigenvalue weighted by atomic mass is 16.4. The van der Waals surface area contributed by atoms with Crippen molar-refractivity contribution in [2.75, 3.05) is 13.1 Å². The standard InChI is InChI=1S/C13H20N2O2/c16-13(17)7-5-11-15-8-2-1-6-12(15)14-9-3-4-10-14/h3-4,9-10,12H,1-2,5-8,11H2,(H,16,17). The largest absolute Gasteiger partial charge is 0.481 e. The Morgan fingerprint density at radius 3 is 2.76 bits per heavy atom. The number of nitrogens with zero attached hydrogens (tertiary/aromatic N) is 2. The van der Waals surface area contributed by atoms with Crippen LogP contribution in [0, 0.1) is 0 Å². The molecule has 94 valence electrons. The highest BCUT2D eigenvalue weighted by Gasteiger charge is 2.22. The molecule has 0 amide bonds. The molecule has 1 N–H and O–H groups in total. The van der Waals surface area contributed by atoms with Crippen molar-refractivity contribution in [3.8, 4) is 0 Å². The normalized spacial score (nSPS) is 21.5. The van der Waals surface area contributed by atoms with E-state index in [1.165, 1.54) is 19.3 Å². The van der Waals surface area contributed by atoms with E-state index >= 15 is 0 Å². The molecule has 0 aliphatic carbocycles. The van der Waals surface area contributed by atoms with Crippen LogP contribution in [-0.4, -0.2) is 33.6 Å². The van der Waals surface area contributed by atoms with Crippen molar-refractivity contribution >= 4 is 5.97 Å². The summed E-state index contributed by atoms with van der Waals surface area (Å²) in [6.45, 7) is 1.97. The number of aliphatic carboxylic acids is 1. The van der Waals surface area contributed by atoms with Crippen LogP contribution in [0.5, 0.6) is 0 Å². The molecule has 1 saturated heterocycles. The van der Waals surface area contributed by atoms with Gasteiger partial charge < -0.3 is 9.67 Å². The molecule has 0 spiro atoms. The fourth-order valence-corrected chi connectivity index (χ4v) is 2.55. The molecule has 1 aromatic heterocycles. The molecule has 0 bridgehead atoms. The highest BCUT2D eigenvalue weighted by Crippen LogP contribution is 2.26. The van der Waals surface area contributed by atoms with Crippen LogP contribution in [0.1, 0.15) is 38.3 Å². The first-order valence-corrected chi connectivity index (χ1v) is 6.35. The third-order valence-electron chi connectivity index (χ3n) is 3.39. The molecule has 1 aliphatic heterocycles. The Morgan fingerprint density at radius 1 is 1.29 bits per heavy atom. The van der Waals surface area contributed by atoms with E-state index in [0.29, 0.717) is 6.17 Å². The molecule has 1 atom stereocenters. The summed E-state index contributed by atoms with van der Waals surface area (Å²) in [4.78, 5) is 12.9. The summed E-state index contributed by atoms with van der Waals surface area (Å²) in [6.07, 6.45) is 9.29. The molecular formula is C13H20N2O2. The predicted molar refractivity (Wildman–Crippen MR) is 65.8 cm³/mol. The molecule has 0 aromatic carbocycles. The third-order valence-corrected chi connectivity index (χ3v) is 3.39. The second kappa shape index (κ2) is 5.87. The number of hydrogen-bond acceptors (Lipinski definition) is 2. The summed E-state index contributed by atoms with van der Waals surface area (Å²) in [5.74, 6) is -0.695. The SMILES string of the molecule is O=C(O)CCCN1CCCCC1n1cccc1. The van der Waals surface area contributed by atoms with Gasteiger partial charge in [-0.15, -0.1) is 0 Å². The van der Waals surface area contributed by atoms with Crippen molar-refractivity contribution in [1.82, 2.24) is 9.47 Å². The molecule has 0 radical (unpaired) electrons. The minimum atomic E-state index is -0.695. The third kappa shape index (κ3) is 3.33. The topological polar surface area (TPSA) is 45.5 Å². The Balaban J connectivity index is 1.91. The van der Waals surface area contributed by atoms with Gasteiger partial charge in [0, 0.05) is 31.9 Å². The van der Waals surface area contributed by atoms with Gasteiger partial charge in [-0.3, -0.25) is 9.69 Å². The number of rotatable bonds is 5. The van der Waals surface area contributed by atoms with Gasteiger partial charge in [0.2, 0.25) is 0 Å². The van der Waals surface area contributed by atoms with Crippen LogP contribution in [0.25, 0.3) is 0 Å². The van der Waals surface area contributed by atoms with Crippen LogP contribution in [0.2, 0.25) is 0 Å². The van der Waals surface area contributed by atoms with Crippen LogP contribution in [-0.2, 0) is 4.79 Å². The summed E-state index contributed by atoms with van der Waals surface area (Å²) in [7, 11) is 0. The quantitative estimate of drug-likeness (QED) is 0.853. The van der Waals surface area contributed by atoms with Crippen LogP contribution in [0.3, 0.4) is 0 Å². The summed E-state index contributed by atoms with van der Waals surface area (Å²) in [6, 6.07) is 4.09. The van der Waals surface area contributed by atoms with Crippen molar-refractivity contribution in [1.29, 1.82) is 0 Å². The number of hydrogen-bond donors (Lipinski definition) is 1. The fraction of sp³-hybridized carbons (Fsp3) is 0.615. The summed E-state index contributed by atoms with van der Waals surface area (Å²) >= 11 is 0. The fourth-order valence-electron chi connectivity index (χ4n) is 2.55. The van der Waals surface area contributed by atoms with Gasteiger partial charge in [0.25, 0.3) is 0 Å². The second-order valence-electron chi connectivity index (χ2n) is 4.64. The molecule has 1 unspecified atom stereocenters. The molecule has 1 aromatic rings. The van der Waals surface area contributed by atoms with Crippen molar-refractivity contribution in [2.24, 2.45) is 0 Å². The average molecular weight is 236 g/mol. The van der Waals surface area contributed by atoms with Crippen LogP contribution in [0.4, 0.5) is 0 Å². The molecular weight excluding hydrogens is 216 g/mol. The van der Waals surface area contributed by atoms with Gasteiger partial charge in [0.05, 0.1) is 6.17 Å². The Morgan fingerprint density at radius 2 is 2.06 bits per heavy atom. The molecule has 1 fully saturated rings. The van der Waals surface area contributed by atoms with E-state index in [1.807, 2.05) is 12.1 Å². The van der Waals surface area contributed by atoms with E-state index in [0.717, 1.165) is 19.5 Å². The summed E-state index contributed by atoms with van der Waals surface area (Å²) < 4.78 is 2.24. The van der Waals surface area contributed by atoms with Crippen molar-refractivity contribution < 1.29 is 9.90 Å². The first kappa shape index (κ1) is 12.2. The zero-order valence-corrected chi connectivity index (χ0v) is 10.1. The van der Waals surface area contributed by atoms with E-state index in [4.69, 9.17) is 5.11 Å². The zero-order chi connectivity index (χ0) is 12.1. The van der Waals surface area contributed by atoms with Gasteiger partial charge in [0.1, 0.15) is 0 Å². The smallest absolute Gasteiger partial charge is 0.303 e. The average Bonchev–Trinajstić information content (AvgIpc) is 2.82. The lowest BCUT2D eigenvalue weighted by Crippen LogP contribution is -2.37. The number of aromatic nitrogens is 1. The maximum atomic E-state index is 10.5.